The predicted octanol–water partition coefficient (Wildman–Crippen LogP) is 0.977. The first-order valence-electron chi connectivity index (χ1n) is 7.74. The van der Waals surface area contributed by atoms with Crippen LogP contribution < -0.4 is 0 Å². The Labute approximate surface area is 139 Å². The first kappa shape index (κ1) is 17.2. The Bertz CT molecular complexity index is 735. The molecule has 0 bridgehead atoms. The van der Waals surface area contributed by atoms with Crippen LogP contribution in [0.5, 0.6) is 0 Å². The normalized spacial score (nSPS) is 22.8. The Morgan fingerprint density at radius 1 is 1.17 bits per heavy atom. The summed E-state index contributed by atoms with van der Waals surface area (Å²) in [6, 6.07) is 1.40. The summed E-state index contributed by atoms with van der Waals surface area (Å²) in [6.45, 7) is 1.72. The zero-order valence-corrected chi connectivity index (χ0v) is 13.8. The van der Waals surface area contributed by atoms with Crippen molar-refractivity contribution in [2.24, 2.45) is 0 Å². The monoisotopic (exact) mass is 360 g/mol. The zero-order valence-electron chi connectivity index (χ0n) is 13.0. The maximum Gasteiger partial charge on any atom is 0.246 e. The van der Waals surface area contributed by atoms with Gasteiger partial charge in [0.25, 0.3) is 0 Å². The molecule has 2 heterocycles. The lowest BCUT2D eigenvalue weighted by Gasteiger charge is -2.32. The van der Waals surface area contributed by atoms with E-state index in [0.29, 0.717) is 45.2 Å². The highest BCUT2D eigenvalue weighted by Gasteiger charge is 2.42. The lowest BCUT2D eigenvalue weighted by atomic mass is 10.2. The van der Waals surface area contributed by atoms with Gasteiger partial charge in [-0.15, -0.1) is 0 Å². The summed E-state index contributed by atoms with van der Waals surface area (Å²) >= 11 is 0. The van der Waals surface area contributed by atoms with Gasteiger partial charge in [0.15, 0.2) is 0 Å². The molecule has 2 aliphatic heterocycles. The van der Waals surface area contributed by atoms with E-state index in [9.17, 15) is 22.0 Å². The third-order valence-corrected chi connectivity index (χ3v) is 6.21. The summed E-state index contributed by atoms with van der Waals surface area (Å²) in [5.41, 5.74) is 0. The molecule has 1 aromatic carbocycles. The molecule has 132 valence electrons. The number of rotatable bonds is 3. The highest BCUT2D eigenvalue weighted by Crippen LogP contribution is 2.29. The predicted molar refractivity (Wildman–Crippen MR) is 80.7 cm³/mol. The zero-order chi connectivity index (χ0) is 17.3. The van der Waals surface area contributed by atoms with Crippen molar-refractivity contribution in [3.63, 3.8) is 0 Å². The summed E-state index contributed by atoms with van der Waals surface area (Å²) in [4.78, 5) is 13.5. The topological polar surface area (TPSA) is 66.9 Å². The first-order chi connectivity index (χ1) is 11.4. The van der Waals surface area contributed by atoms with E-state index in [-0.39, 0.29) is 12.5 Å². The van der Waals surface area contributed by atoms with Gasteiger partial charge in [-0.25, -0.2) is 17.2 Å². The van der Waals surface area contributed by atoms with Crippen molar-refractivity contribution < 1.29 is 26.7 Å². The number of hydrogen-bond donors (Lipinski definition) is 0. The summed E-state index contributed by atoms with van der Waals surface area (Å²) in [5, 5.41) is 0. The second-order valence-corrected chi connectivity index (χ2v) is 7.65. The molecule has 0 spiro atoms. The molecule has 24 heavy (non-hydrogen) atoms. The Morgan fingerprint density at radius 3 is 2.58 bits per heavy atom. The van der Waals surface area contributed by atoms with E-state index in [1.165, 1.54) is 0 Å². The molecule has 0 N–H and O–H groups in total. The molecule has 2 saturated heterocycles. The van der Waals surface area contributed by atoms with Crippen LogP contribution in [0.15, 0.2) is 23.1 Å². The van der Waals surface area contributed by atoms with Crippen LogP contribution >= 0.6 is 0 Å². The van der Waals surface area contributed by atoms with E-state index in [2.05, 4.69) is 0 Å². The van der Waals surface area contributed by atoms with Gasteiger partial charge >= 0.3 is 0 Å². The number of morpholine rings is 1. The molecule has 0 aliphatic carbocycles. The molecule has 6 nitrogen and oxygen atoms in total. The quantitative estimate of drug-likeness (QED) is 0.806. The van der Waals surface area contributed by atoms with Crippen LogP contribution in [0.4, 0.5) is 8.78 Å². The van der Waals surface area contributed by atoms with E-state index in [0.717, 1.165) is 16.4 Å². The largest absolute Gasteiger partial charge is 0.378 e. The van der Waals surface area contributed by atoms with Gasteiger partial charge in [-0.05, 0) is 31.0 Å². The number of carbonyl (C=O) groups is 1. The molecule has 1 aromatic rings. The Morgan fingerprint density at radius 2 is 1.88 bits per heavy atom. The number of amides is 1. The molecule has 0 aromatic heterocycles. The van der Waals surface area contributed by atoms with E-state index < -0.39 is 32.6 Å². The van der Waals surface area contributed by atoms with E-state index in [1.54, 1.807) is 4.90 Å². The third-order valence-electron chi connectivity index (χ3n) is 4.29. The van der Waals surface area contributed by atoms with Crippen LogP contribution in [-0.2, 0) is 19.6 Å². The molecule has 0 radical (unpaired) electrons. The van der Waals surface area contributed by atoms with E-state index >= 15 is 0 Å². The standard InChI is InChI=1S/C15H18F2N2O4S/c16-11-3-4-12(17)14(10-11)24(21,22)19-5-1-2-13(19)15(20)18-6-8-23-9-7-18/h3-4,10,13H,1-2,5-9H2. The van der Waals surface area contributed by atoms with E-state index in [4.69, 9.17) is 4.74 Å². The van der Waals surface area contributed by atoms with Crippen molar-refractivity contribution in [2.75, 3.05) is 32.8 Å². The summed E-state index contributed by atoms with van der Waals surface area (Å²) < 4.78 is 58.9. The molecule has 9 heteroatoms. The van der Waals surface area contributed by atoms with Gasteiger partial charge in [-0.1, -0.05) is 0 Å². The molecule has 1 amide bonds. The molecule has 0 saturated carbocycles. The minimum atomic E-state index is -4.29. The van der Waals surface area contributed by atoms with Crippen LogP contribution in [0.2, 0.25) is 0 Å². The lowest BCUT2D eigenvalue weighted by Crippen LogP contribution is -2.51. The Balaban J connectivity index is 1.89. The average molecular weight is 360 g/mol. The van der Waals surface area contributed by atoms with Crippen molar-refractivity contribution in [2.45, 2.75) is 23.8 Å². The highest BCUT2D eigenvalue weighted by atomic mass is 32.2. The number of nitrogens with zero attached hydrogens (tertiary/aromatic N) is 2. The van der Waals surface area contributed by atoms with Crippen molar-refractivity contribution in [3.8, 4) is 0 Å². The van der Waals surface area contributed by atoms with Crippen LogP contribution in [0.3, 0.4) is 0 Å². The highest BCUT2D eigenvalue weighted by molar-refractivity contribution is 7.89. The van der Waals surface area contributed by atoms with Gasteiger partial charge in [0.1, 0.15) is 22.6 Å². The molecular formula is C15H18F2N2O4S. The van der Waals surface area contributed by atoms with Gasteiger partial charge < -0.3 is 9.64 Å². The minimum absolute atomic E-state index is 0.110. The van der Waals surface area contributed by atoms with Gasteiger partial charge in [-0.3, -0.25) is 4.79 Å². The van der Waals surface area contributed by atoms with Crippen LogP contribution in [0.25, 0.3) is 0 Å². The number of halogens is 2. The fourth-order valence-electron chi connectivity index (χ4n) is 3.07. The first-order valence-corrected chi connectivity index (χ1v) is 9.18. The van der Waals surface area contributed by atoms with Crippen LogP contribution in [-0.4, -0.2) is 62.4 Å². The van der Waals surface area contributed by atoms with Gasteiger partial charge in [0.2, 0.25) is 15.9 Å². The van der Waals surface area contributed by atoms with Crippen molar-refractivity contribution >= 4 is 15.9 Å². The minimum Gasteiger partial charge on any atom is -0.378 e. The third kappa shape index (κ3) is 3.15. The maximum absolute atomic E-state index is 13.9. The molecule has 2 aliphatic rings. The van der Waals surface area contributed by atoms with Crippen LogP contribution in [0, 0.1) is 11.6 Å². The number of ether oxygens (including phenoxy) is 1. The molecule has 3 rings (SSSR count). The Hall–Kier alpha value is -1.58. The fraction of sp³-hybridized carbons (Fsp3) is 0.533. The fourth-order valence-corrected chi connectivity index (χ4v) is 4.80. The molecule has 2 fully saturated rings. The number of hydrogen-bond acceptors (Lipinski definition) is 4. The number of carbonyl (C=O) groups excluding carboxylic acids is 1. The van der Waals surface area contributed by atoms with Crippen molar-refractivity contribution in [3.05, 3.63) is 29.8 Å². The summed E-state index contributed by atoms with van der Waals surface area (Å²) in [5.74, 6) is -2.18. The van der Waals surface area contributed by atoms with E-state index in [1.807, 2.05) is 0 Å². The summed E-state index contributed by atoms with van der Waals surface area (Å²) in [7, 11) is -4.29. The summed E-state index contributed by atoms with van der Waals surface area (Å²) in [6.07, 6.45) is 0.864. The SMILES string of the molecule is O=C(C1CCCN1S(=O)(=O)c1cc(F)ccc1F)N1CCOCC1. The van der Waals surface area contributed by atoms with Crippen molar-refractivity contribution in [1.29, 1.82) is 0 Å². The number of sulfonamides is 1. The smallest absolute Gasteiger partial charge is 0.246 e. The van der Waals surface area contributed by atoms with Gasteiger partial charge in [0, 0.05) is 19.6 Å². The van der Waals surface area contributed by atoms with Gasteiger partial charge in [0.05, 0.1) is 13.2 Å². The Kier molecular flexibility index (Phi) is 4.84. The van der Waals surface area contributed by atoms with Crippen LogP contribution in [0.1, 0.15) is 12.8 Å². The maximum atomic E-state index is 13.9. The van der Waals surface area contributed by atoms with Crippen molar-refractivity contribution in [1.82, 2.24) is 9.21 Å². The second-order valence-electron chi connectivity index (χ2n) is 5.79. The molecular weight excluding hydrogens is 342 g/mol. The lowest BCUT2D eigenvalue weighted by molar-refractivity contribution is -0.138. The second kappa shape index (κ2) is 6.73. The molecule has 1 atom stereocenters. The average Bonchev–Trinajstić information content (AvgIpc) is 3.07. The molecule has 1 unspecified atom stereocenters. The number of benzene rings is 1. The van der Waals surface area contributed by atoms with Gasteiger partial charge in [-0.2, -0.15) is 4.31 Å².